The first-order chi connectivity index (χ1) is 12.7. The Morgan fingerprint density at radius 3 is 2.65 bits per heavy atom. The molecule has 1 saturated heterocycles. The highest BCUT2D eigenvalue weighted by Gasteiger charge is 2.21. The maximum absolute atomic E-state index is 12.2. The zero-order valence-electron chi connectivity index (χ0n) is 14.5. The molecule has 1 aliphatic rings. The lowest BCUT2D eigenvalue weighted by molar-refractivity contribution is -0.122. The normalized spacial score (nSPS) is 14.5. The predicted octanol–water partition coefficient (Wildman–Crippen LogP) is 2.98. The minimum atomic E-state index is -0.391. The lowest BCUT2D eigenvalue weighted by Crippen LogP contribution is -2.28. The van der Waals surface area contributed by atoms with E-state index >= 15 is 0 Å². The Kier molecular flexibility index (Phi) is 5.80. The summed E-state index contributed by atoms with van der Waals surface area (Å²) < 4.78 is 9.99. The van der Waals surface area contributed by atoms with Crippen LogP contribution >= 0.6 is 0 Å². The van der Waals surface area contributed by atoms with Crippen LogP contribution in [0, 0.1) is 5.92 Å². The summed E-state index contributed by atoms with van der Waals surface area (Å²) in [4.78, 5) is 28.1. The lowest BCUT2D eigenvalue weighted by Gasteiger charge is -2.20. The fraction of sp³-hybridized carbons (Fsp3) is 0.316. The molecule has 1 aromatic heterocycles. The van der Waals surface area contributed by atoms with Gasteiger partial charge in [-0.2, -0.15) is 0 Å². The monoisotopic (exact) mass is 355 g/mol. The summed E-state index contributed by atoms with van der Waals surface area (Å²) in [5.74, 6) is 0.0741. The van der Waals surface area contributed by atoms with E-state index in [4.69, 9.17) is 9.47 Å². The first-order valence-corrected chi connectivity index (χ1v) is 8.46. The van der Waals surface area contributed by atoms with E-state index in [1.807, 2.05) is 12.1 Å². The lowest BCUT2D eigenvalue weighted by atomic mass is 9.99. The summed E-state index contributed by atoms with van der Waals surface area (Å²) in [5.41, 5.74) is 1.95. The number of pyridine rings is 1. The van der Waals surface area contributed by atoms with Gasteiger partial charge in [-0.1, -0.05) is 6.07 Å². The van der Waals surface area contributed by atoms with Crippen molar-refractivity contribution in [2.24, 2.45) is 5.92 Å². The number of ether oxygens (including phenoxy) is 2. The van der Waals surface area contributed by atoms with E-state index in [0.29, 0.717) is 24.6 Å². The summed E-state index contributed by atoms with van der Waals surface area (Å²) in [6.45, 7) is 1.25. The van der Waals surface area contributed by atoms with Crippen LogP contribution in [0.4, 0.5) is 17.2 Å². The Morgan fingerprint density at radius 2 is 1.96 bits per heavy atom. The van der Waals surface area contributed by atoms with E-state index in [-0.39, 0.29) is 11.8 Å². The molecule has 2 aromatic rings. The maximum Gasteiger partial charge on any atom is 0.337 e. The Bertz CT molecular complexity index is 771. The number of anilines is 3. The predicted molar refractivity (Wildman–Crippen MR) is 97.5 cm³/mol. The number of methoxy groups -OCH3 is 1. The summed E-state index contributed by atoms with van der Waals surface area (Å²) in [6.07, 6.45) is 3.11. The van der Waals surface area contributed by atoms with Gasteiger partial charge < -0.3 is 20.1 Å². The Labute approximate surface area is 151 Å². The van der Waals surface area contributed by atoms with Crippen molar-refractivity contribution in [1.29, 1.82) is 0 Å². The minimum Gasteiger partial charge on any atom is -0.465 e. The smallest absolute Gasteiger partial charge is 0.337 e. The fourth-order valence-corrected chi connectivity index (χ4v) is 2.74. The number of esters is 1. The zero-order chi connectivity index (χ0) is 18.4. The molecule has 0 bridgehead atoms. The third-order valence-electron chi connectivity index (χ3n) is 4.18. The van der Waals surface area contributed by atoms with Crippen LogP contribution in [0.25, 0.3) is 0 Å². The molecule has 0 saturated carbocycles. The number of hydrogen-bond donors (Lipinski definition) is 2. The topological polar surface area (TPSA) is 89.6 Å². The second-order valence-corrected chi connectivity index (χ2v) is 6.01. The molecule has 2 heterocycles. The second kappa shape index (κ2) is 8.44. The second-order valence-electron chi connectivity index (χ2n) is 6.01. The number of nitrogens with one attached hydrogen (secondary N) is 2. The van der Waals surface area contributed by atoms with Gasteiger partial charge in [0.1, 0.15) is 5.82 Å². The van der Waals surface area contributed by atoms with Crippen molar-refractivity contribution < 1.29 is 19.1 Å². The number of benzene rings is 1. The van der Waals surface area contributed by atoms with E-state index in [1.54, 1.807) is 30.5 Å². The standard InChI is InChI=1S/C19H21N3O4/c1-25-19(24)14-3-2-4-15(11-14)21-16-5-6-17(20-12-16)22-18(23)13-7-9-26-10-8-13/h2-6,11-13,21H,7-10H2,1H3,(H,20,22,23). The fourth-order valence-electron chi connectivity index (χ4n) is 2.74. The number of aromatic nitrogens is 1. The van der Waals surface area contributed by atoms with Crippen LogP contribution in [-0.2, 0) is 14.3 Å². The zero-order valence-corrected chi connectivity index (χ0v) is 14.5. The third kappa shape index (κ3) is 4.58. The number of rotatable bonds is 5. The SMILES string of the molecule is COC(=O)c1cccc(Nc2ccc(NC(=O)C3CCOCC3)nc2)c1. The van der Waals surface area contributed by atoms with Crippen LogP contribution < -0.4 is 10.6 Å². The highest BCUT2D eigenvalue weighted by Crippen LogP contribution is 2.20. The van der Waals surface area contributed by atoms with Crippen molar-refractivity contribution in [2.75, 3.05) is 31.0 Å². The van der Waals surface area contributed by atoms with Crippen molar-refractivity contribution in [1.82, 2.24) is 4.98 Å². The molecule has 0 spiro atoms. The molecule has 1 amide bonds. The van der Waals surface area contributed by atoms with Crippen LogP contribution in [0.1, 0.15) is 23.2 Å². The molecule has 0 atom stereocenters. The Morgan fingerprint density at radius 1 is 1.15 bits per heavy atom. The summed E-state index contributed by atoms with van der Waals surface area (Å²) in [7, 11) is 1.35. The van der Waals surface area contributed by atoms with E-state index in [2.05, 4.69) is 15.6 Å². The molecule has 3 rings (SSSR count). The molecule has 0 aliphatic carbocycles. The first kappa shape index (κ1) is 17.9. The summed E-state index contributed by atoms with van der Waals surface area (Å²) in [5, 5.41) is 6.01. The van der Waals surface area contributed by atoms with Crippen LogP contribution in [0.5, 0.6) is 0 Å². The third-order valence-corrected chi connectivity index (χ3v) is 4.18. The molecular formula is C19H21N3O4. The maximum atomic E-state index is 12.2. The first-order valence-electron chi connectivity index (χ1n) is 8.46. The number of amides is 1. The van der Waals surface area contributed by atoms with E-state index in [9.17, 15) is 9.59 Å². The minimum absolute atomic E-state index is 0.0210. The van der Waals surface area contributed by atoms with Gasteiger partial charge in [-0.05, 0) is 43.2 Å². The van der Waals surface area contributed by atoms with Gasteiger partial charge in [0.05, 0.1) is 24.6 Å². The molecule has 1 aromatic carbocycles. The van der Waals surface area contributed by atoms with Crippen LogP contribution in [-0.4, -0.2) is 37.2 Å². The Hall–Kier alpha value is -2.93. The largest absolute Gasteiger partial charge is 0.465 e. The van der Waals surface area contributed by atoms with Crippen LogP contribution in [0.3, 0.4) is 0 Å². The highest BCUT2D eigenvalue weighted by molar-refractivity contribution is 5.92. The molecule has 7 heteroatoms. The van der Waals surface area contributed by atoms with Gasteiger partial charge in [0.2, 0.25) is 5.91 Å². The van der Waals surface area contributed by atoms with Crippen LogP contribution in [0.15, 0.2) is 42.6 Å². The van der Waals surface area contributed by atoms with Crippen molar-refractivity contribution in [3.8, 4) is 0 Å². The molecule has 1 fully saturated rings. The molecule has 2 N–H and O–H groups in total. The molecule has 136 valence electrons. The van der Waals surface area contributed by atoms with Gasteiger partial charge in [0.25, 0.3) is 0 Å². The average Bonchev–Trinajstić information content (AvgIpc) is 2.69. The van der Waals surface area contributed by atoms with Gasteiger partial charge >= 0.3 is 5.97 Å². The van der Waals surface area contributed by atoms with Crippen molar-refractivity contribution in [3.05, 3.63) is 48.2 Å². The van der Waals surface area contributed by atoms with Gasteiger partial charge in [-0.15, -0.1) is 0 Å². The molecular weight excluding hydrogens is 334 g/mol. The van der Waals surface area contributed by atoms with Crippen molar-refractivity contribution in [2.45, 2.75) is 12.8 Å². The number of carbonyl (C=O) groups is 2. The summed E-state index contributed by atoms with van der Waals surface area (Å²) >= 11 is 0. The molecule has 0 radical (unpaired) electrons. The molecule has 26 heavy (non-hydrogen) atoms. The quantitative estimate of drug-likeness (QED) is 0.802. The van der Waals surface area contributed by atoms with Crippen LogP contribution in [0.2, 0.25) is 0 Å². The van der Waals surface area contributed by atoms with E-state index in [0.717, 1.165) is 24.2 Å². The van der Waals surface area contributed by atoms with E-state index < -0.39 is 5.97 Å². The van der Waals surface area contributed by atoms with Gasteiger partial charge in [-0.3, -0.25) is 4.79 Å². The Balaban J connectivity index is 1.61. The van der Waals surface area contributed by atoms with Gasteiger partial charge in [-0.25, -0.2) is 9.78 Å². The molecule has 7 nitrogen and oxygen atoms in total. The molecule has 1 aliphatic heterocycles. The highest BCUT2D eigenvalue weighted by atomic mass is 16.5. The van der Waals surface area contributed by atoms with Gasteiger partial charge in [0, 0.05) is 24.8 Å². The number of carbonyl (C=O) groups excluding carboxylic acids is 2. The summed E-state index contributed by atoms with van der Waals surface area (Å²) in [6, 6.07) is 10.6. The molecule has 0 unspecified atom stereocenters. The number of hydrogen-bond acceptors (Lipinski definition) is 6. The average molecular weight is 355 g/mol. The van der Waals surface area contributed by atoms with Crippen molar-refractivity contribution in [3.63, 3.8) is 0 Å². The van der Waals surface area contributed by atoms with Gasteiger partial charge in [0.15, 0.2) is 0 Å². The van der Waals surface area contributed by atoms with Crippen molar-refractivity contribution >= 4 is 29.1 Å². The van der Waals surface area contributed by atoms with E-state index in [1.165, 1.54) is 7.11 Å². The number of nitrogens with zero attached hydrogens (tertiary/aromatic N) is 1.